The third-order valence-electron chi connectivity index (χ3n) is 7.61. The van der Waals surface area contributed by atoms with Crippen LogP contribution >= 0.6 is 0 Å². The van der Waals surface area contributed by atoms with E-state index in [0.717, 1.165) is 44.3 Å². The Labute approximate surface area is 181 Å². The van der Waals surface area contributed by atoms with Crippen molar-refractivity contribution in [2.45, 2.75) is 82.7 Å². The maximum absolute atomic E-state index is 13.9. The number of hydrogen-bond acceptors (Lipinski definition) is 5. The van der Waals surface area contributed by atoms with Crippen molar-refractivity contribution in [3.05, 3.63) is 45.8 Å². The van der Waals surface area contributed by atoms with E-state index >= 15 is 0 Å². The molecule has 1 aromatic carbocycles. The van der Waals surface area contributed by atoms with E-state index in [2.05, 4.69) is 4.68 Å². The molecular formula is C23H29N5O3. The summed E-state index contributed by atoms with van der Waals surface area (Å²) in [5, 5.41) is 16.5. The predicted octanol–water partition coefficient (Wildman–Crippen LogP) is 4.63. The number of nitrogens with zero attached hydrogens (tertiary/aromatic N) is 5. The lowest BCUT2D eigenvalue weighted by Gasteiger charge is -2.55. The topological polar surface area (TPSA) is 94.2 Å². The fourth-order valence-electron chi connectivity index (χ4n) is 6.23. The maximum Gasteiger partial charge on any atom is 0.282 e. The molecule has 2 saturated carbocycles. The third kappa shape index (κ3) is 3.06. The number of carbonyl (C=O) groups excluding carboxylic acids is 1. The molecule has 1 aliphatic heterocycles. The minimum Gasteiger partial charge on any atom is -0.273 e. The number of hydrogen-bond donors (Lipinski definition) is 0. The zero-order chi connectivity index (χ0) is 21.6. The number of fused-ring (bicyclic) bond motifs is 4. The molecule has 0 bridgehead atoms. The van der Waals surface area contributed by atoms with Crippen LogP contribution in [0.25, 0.3) is 0 Å². The highest BCUT2D eigenvalue weighted by molar-refractivity contribution is 6.08. The second-order valence-electron chi connectivity index (χ2n) is 9.17. The Bertz CT molecular complexity index is 1010. The summed E-state index contributed by atoms with van der Waals surface area (Å²) in [6.07, 6.45) is 10.6. The van der Waals surface area contributed by atoms with E-state index in [4.69, 9.17) is 10.1 Å². The average Bonchev–Trinajstić information content (AvgIpc) is 3.25. The zero-order valence-corrected chi connectivity index (χ0v) is 18.0. The number of nitro benzene ring substituents is 1. The molecule has 1 amide bonds. The summed E-state index contributed by atoms with van der Waals surface area (Å²) in [6, 6.07) is 6.27. The Morgan fingerprint density at radius 1 is 1.16 bits per heavy atom. The van der Waals surface area contributed by atoms with Gasteiger partial charge in [-0.2, -0.15) is 10.1 Å². The van der Waals surface area contributed by atoms with Crippen LogP contribution in [-0.2, 0) is 12.0 Å². The monoisotopic (exact) mass is 423 g/mol. The predicted molar refractivity (Wildman–Crippen MR) is 116 cm³/mol. The Morgan fingerprint density at radius 2 is 1.90 bits per heavy atom. The van der Waals surface area contributed by atoms with E-state index in [1.807, 2.05) is 6.92 Å². The second-order valence-corrected chi connectivity index (χ2v) is 9.17. The summed E-state index contributed by atoms with van der Waals surface area (Å²) in [4.78, 5) is 31.6. The van der Waals surface area contributed by atoms with Gasteiger partial charge in [-0.05, 0) is 31.7 Å². The van der Waals surface area contributed by atoms with Crippen molar-refractivity contribution < 1.29 is 9.72 Å². The molecule has 1 spiro atoms. The van der Waals surface area contributed by atoms with Gasteiger partial charge in [0.1, 0.15) is 5.56 Å². The smallest absolute Gasteiger partial charge is 0.273 e. The van der Waals surface area contributed by atoms with Crippen molar-refractivity contribution in [3.8, 4) is 0 Å². The minimum absolute atomic E-state index is 0.0144. The van der Waals surface area contributed by atoms with Gasteiger partial charge >= 0.3 is 0 Å². The largest absolute Gasteiger partial charge is 0.282 e. The molecule has 0 radical (unpaired) electrons. The van der Waals surface area contributed by atoms with Crippen LogP contribution in [0.3, 0.4) is 0 Å². The van der Waals surface area contributed by atoms with Crippen LogP contribution in [0.2, 0.25) is 0 Å². The van der Waals surface area contributed by atoms with Crippen LogP contribution in [-0.4, -0.2) is 31.6 Å². The highest BCUT2D eigenvalue weighted by Crippen LogP contribution is 2.53. The van der Waals surface area contributed by atoms with Crippen LogP contribution < -0.4 is 4.90 Å². The number of rotatable bonds is 3. The summed E-state index contributed by atoms with van der Waals surface area (Å²) < 4.78 is 2.06. The second kappa shape index (κ2) is 7.73. The summed E-state index contributed by atoms with van der Waals surface area (Å²) in [5.74, 6) is 1.31. The van der Waals surface area contributed by atoms with Crippen molar-refractivity contribution in [1.29, 1.82) is 0 Å². The standard InChI is InChI=1S/C23H29N5O3/c1-2-20-24-22-26(21(29)16-10-4-6-12-18(16)28(30)31)19-13-7-5-11-17(19)23(27(22)25-20)14-8-3-9-15-23/h4,6,10,12,17,19H,2-3,5,7-9,11,13-15H2,1H3. The Morgan fingerprint density at radius 3 is 2.65 bits per heavy atom. The molecule has 2 atom stereocenters. The molecule has 2 heterocycles. The molecule has 8 nitrogen and oxygen atoms in total. The maximum atomic E-state index is 13.9. The van der Waals surface area contributed by atoms with E-state index in [9.17, 15) is 14.9 Å². The van der Waals surface area contributed by atoms with Crippen LogP contribution in [0.1, 0.15) is 80.9 Å². The molecule has 164 valence electrons. The number of aromatic nitrogens is 3. The molecule has 0 saturated heterocycles. The lowest BCUT2D eigenvalue weighted by Crippen LogP contribution is -2.61. The Balaban J connectivity index is 1.68. The summed E-state index contributed by atoms with van der Waals surface area (Å²) >= 11 is 0. The van der Waals surface area contributed by atoms with Gasteiger partial charge in [0, 0.05) is 24.4 Å². The van der Waals surface area contributed by atoms with E-state index in [1.165, 1.54) is 25.3 Å². The van der Waals surface area contributed by atoms with Gasteiger partial charge < -0.3 is 0 Å². The van der Waals surface area contributed by atoms with Crippen LogP contribution in [0.5, 0.6) is 0 Å². The summed E-state index contributed by atoms with van der Waals surface area (Å²) in [7, 11) is 0. The third-order valence-corrected chi connectivity index (χ3v) is 7.61. The molecule has 31 heavy (non-hydrogen) atoms. The number of aryl methyl sites for hydroxylation is 1. The van der Waals surface area contributed by atoms with Crippen LogP contribution in [0, 0.1) is 16.0 Å². The van der Waals surface area contributed by atoms with Crippen molar-refractivity contribution in [3.63, 3.8) is 0 Å². The molecule has 5 rings (SSSR count). The fourth-order valence-corrected chi connectivity index (χ4v) is 6.23. The number of benzene rings is 1. The van der Waals surface area contributed by atoms with E-state index in [1.54, 1.807) is 23.1 Å². The number of amides is 1. The lowest BCUT2D eigenvalue weighted by molar-refractivity contribution is -0.385. The van der Waals surface area contributed by atoms with Crippen molar-refractivity contribution >= 4 is 17.5 Å². The summed E-state index contributed by atoms with van der Waals surface area (Å²) in [5.41, 5.74) is -0.109. The van der Waals surface area contributed by atoms with Gasteiger partial charge in [0.15, 0.2) is 5.82 Å². The number of nitro groups is 1. The van der Waals surface area contributed by atoms with Crippen LogP contribution in [0.15, 0.2) is 24.3 Å². The van der Waals surface area contributed by atoms with Gasteiger partial charge in [0.05, 0.1) is 10.5 Å². The Kier molecular flexibility index (Phi) is 5.02. The van der Waals surface area contributed by atoms with Gasteiger partial charge in [-0.3, -0.25) is 19.8 Å². The van der Waals surface area contributed by atoms with Gasteiger partial charge in [0.2, 0.25) is 5.95 Å². The van der Waals surface area contributed by atoms with E-state index in [-0.39, 0.29) is 28.7 Å². The molecule has 8 heteroatoms. The highest BCUT2D eigenvalue weighted by Gasteiger charge is 2.55. The van der Waals surface area contributed by atoms with Crippen molar-refractivity contribution in [1.82, 2.24) is 14.8 Å². The van der Waals surface area contributed by atoms with Gasteiger partial charge in [-0.1, -0.05) is 51.2 Å². The quantitative estimate of drug-likeness (QED) is 0.530. The van der Waals surface area contributed by atoms with Crippen molar-refractivity contribution in [2.75, 3.05) is 4.90 Å². The van der Waals surface area contributed by atoms with Crippen molar-refractivity contribution in [2.24, 2.45) is 5.92 Å². The van der Waals surface area contributed by atoms with Gasteiger partial charge in [0.25, 0.3) is 11.6 Å². The molecule has 1 aromatic heterocycles. The summed E-state index contributed by atoms with van der Waals surface area (Å²) in [6.45, 7) is 2.02. The molecule has 2 aliphatic carbocycles. The fraction of sp³-hybridized carbons (Fsp3) is 0.609. The normalized spacial score (nSPS) is 24.5. The number of para-hydroxylation sites is 1. The first kappa shape index (κ1) is 20.2. The zero-order valence-electron chi connectivity index (χ0n) is 18.0. The molecular weight excluding hydrogens is 394 g/mol. The first-order valence-electron chi connectivity index (χ1n) is 11.6. The molecule has 2 unspecified atom stereocenters. The van der Waals surface area contributed by atoms with Crippen LogP contribution in [0.4, 0.5) is 11.6 Å². The minimum atomic E-state index is -0.472. The first-order chi connectivity index (χ1) is 15.1. The van der Waals surface area contributed by atoms with E-state index in [0.29, 0.717) is 18.3 Å². The van der Waals surface area contributed by atoms with Gasteiger partial charge in [-0.25, -0.2) is 4.68 Å². The Hall–Kier alpha value is -2.77. The number of anilines is 1. The number of carbonyl (C=O) groups is 1. The van der Waals surface area contributed by atoms with Gasteiger partial charge in [-0.15, -0.1) is 0 Å². The average molecular weight is 424 g/mol. The molecule has 2 aromatic rings. The SMILES string of the molecule is CCc1nc2n(n1)C1(CCCCC1)C1CCCCC1N2C(=O)c1ccccc1[N+](=O)[O-]. The molecule has 0 N–H and O–H groups in total. The highest BCUT2D eigenvalue weighted by atomic mass is 16.6. The molecule has 2 fully saturated rings. The lowest BCUT2D eigenvalue weighted by atomic mass is 9.64. The molecule has 3 aliphatic rings. The first-order valence-corrected chi connectivity index (χ1v) is 11.6. The van der Waals surface area contributed by atoms with E-state index < -0.39 is 4.92 Å².